The zero-order valence-corrected chi connectivity index (χ0v) is 15.6. The molecule has 29 heavy (non-hydrogen) atoms. The van der Waals surface area contributed by atoms with Gasteiger partial charge >= 0.3 is 5.97 Å². The summed E-state index contributed by atoms with van der Waals surface area (Å²) in [7, 11) is 1.52. The van der Waals surface area contributed by atoms with Gasteiger partial charge in [-0.25, -0.2) is 14.2 Å². The number of carboxylic acid groups (broad SMARTS) is 1. The Morgan fingerprint density at radius 1 is 1.03 bits per heavy atom. The van der Waals surface area contributed by atoms with Crippen molar-refractivity contribution < 1.29 is 23.9 Å². The molecular formula is C20H17FN4O4. The van der Waals surface area contributed by atoms with Gasteiger partial charge in [-0.05, 0) is 55.0 Å². The fourth-order valence-electron chi connectivity index (χ4n) is 2.72. The third-order valence-corrected chi connectivity index (χ3v) is 4.19. The number of nitrogens with zero attached hydrogens (tertiary/aromatic N) is 2. The summed E-state index contributed by atoms with van der Waals surface area (Å²) in [4.78, 5) is 39.7. The molecule has 148 valence electrons. The molecule has 0 aliphatic carbocycles. The number of aromatic carboxylic acids is 1. The molecule has 0 spiro atoms. The van der Waals surface area contributed by atoms with E-state index >= 15 is 0 Å². The topological polar surface area (TPSA) is 113 Å². The van der Waals surface area contributed by atoms with Crippen molar-refractivity contribution in [2.75, 3.05) is 10.6 Å². The average Bonchev–Trinajstić information content (AvgIpc) is 3.06. The van der Waals surface area contributed by atoms with Gasteiger partial charge in [0.1, 0.15) is 11.5 Å². The summed E-state index contributed by atoms with van der Waals surface area (Å²) in [6, 6.07) is 9.96. The average molecular weight is 396 g/mol. The smallest absolute Gasteiger partial charge is 0.356 e. The molecule has 3 rings (SSSR count). The Balaban J connectivity index is 1.75. The summed E-state index contributed by atoms with van der Waals surface area (Å²) in [5.74, 6) is -2.75. The molecule has 0 atom stereocenters. The molecule has 2 aromatic carbocycles. The van der Waals surface area contributed by atoms with Crippen molar-refractivity contribution in [3.8, 4) is 0 Å². The molecule has 3 aromatic rings. The van der Waals surface area contributed by atoms with Gasteiger partial charge in [-0.3, -0.25) is 9.59 Å². The van der Waals surface area contributed by atoms with Crippen molar-refractivity contribution in [3.05, 3.63) is 77.1 Å². The Morgan fingerprint density at radius 2 is 1.72 bits per heavy atom. The molecule has 0 unspecified atom stereocenters. The van der Waals surface area contributed by atoms with Gasteiger partial charge in [0, 0.05) is 24.0 Å². The fraction of sp³-hybridized carbons (Fsp3) is 0.100. The number of hydrogen-bond acceptors (Lipinski definition) is 4. The highest BCUT2D eigenvalue weighted by Crippen LogP contribution is 2.21. The highest BCUT2D eigenvalue weighted by Gasteiger charge is 2.22. The van der Waals surface area contributed by atoms with Crippen LogP contribution in [0.1, 0.15) is 36.9 Å². The number of amides is 2. The monoisotopic (exact) mass is 396 g/mol. The van der Waals surface area contributed by atoms with Crippen LogP contribution in [-0.4, -0.2) is 32.4 Å². The number of anilines is 2. The molecular weight excluding hydrogens is 379 g/mol. The number of imidazole rings is 1. The molecule has 0 saturated carbocycles. The number of hydrogen-bond donors (Lipinski definition) is 3. The van der Waals surface area contributed by atoms with E-state index in [1.165, 1.54) is 42.2 Å². The first kappa shape index (κ1) is 19.7. The Hall–Kier alpha value is -4.01. The molecule has 0 fully saturated rings. The standard InChI is InChI=1S/C20H17FN4O4/c1-11-9-14(23-19(27)17-16(20(28)29)22-10-25(17)2)7-8-15(11)24-18(26)12-3-5-13(21)6-4-12/h3-10H,1-2H3,(H,23,27)(H,24,26)(H,28,29). The minimum absolute atomic E-state index is 0.0798. The van der Waals surface area contributed by atoms with E-state index in [-0.39, 0.29) is 11.4 Å². The Morgan fingerprint density at radius 3 is 2.34 bits per heavy atom. The second-order valence-electron chi connectivity index (χ2n) is 6.30. The summed E-state index contributed by atoms with van der Waals surface area (Å²) in [6.07, 6.45) is 1.25. The number of carbonyl (C=O) groups is 3. The maximum atomic E-state index is 13.0. The summed E-state index contributed by atoms with van der Waals surface area (Å²) >= 11 is 0. The molecule has 2 amide bonds. The van der Waals surface area contributed by atoms with Crippen molar-refractivity contribution in [1.29, 1.82) is 0 Å². The van der Waals surface area contributed by atoms with Crippen LogP contribution in [0, 0.1) is 12.7 Å². The van der Waals surface area contributed by atoms with Gasteiger partial charge in [0.05, 0.1) is 6.33 Å². The fourth-order valence-corrected chi connectivity index (χ4v) is 2.72. The largest absolute Gasteiger partial charge is 0.476 e. The molecule has 0 aliphatic heterocycles. The molecule has 0 radical (unpaired) electrons. The minimum Gasteiger partial charge on any atom is -0.476 e. The molecule has 1 heterocycles. The molecule has 1 aromatic heterocycles. The van der Waals surface area contributed by atoms with Gasteiger partial charge in [-0.15, -0.1) is 0 Å². The summed E-state index contributed by atoms with van der Waals surface area (Å²) in [5, 5.41) is 14.5. The van der Waals surface area contributed by atoms with E-state index in [4.69, 9.17) is 5.11 Å². The minimum atomic E-state index is -1.30. The van der Waals surface area contributed by atoms with E-state index in [0.29, 0.717) is 22.5 Å². The van der Waals surface area contributed by atoms with Gasteiger partial charge in [0.15, 0.2) is 5.69 Å². The Labute approximate surface area is 165 Å². The zero-order chi connectivity index (χ0) is 21.1. The number of aromatic nitrogens is 2. The number of aryl methyl sites for hydroxylation is 2. The number of benzene rings is 2. The highest BCUT2D eigenvalue weighted by atomic mass is 19.1. The summed E-state index contributed by atoms with van der Waals surface area (Å²) in [6.45, 7) is 1.74. The SMILES string of the molecule is Cc1cc(NC(=O)c2c(C(=O)O)ncn2C)ccc1NC(=O)c1ccc(F)cc1. The van der Waals surface area contributed by atoms with Gasteiger partial charge in [-0.2, -0.15) is 0 Å². The second-order valence-corrected chi connectivity index (χ2v) is 6.30. The predicted molar refractivity (Wildman–Crippen MR) is 104 cm³/mol. The van der Waals surface area contributed by atoms with E-state index in [1.807, 2.05) is 0 Å². The third kappa shape index (κ3) is 4.29. The van der Waals surface area contributed by atoms with Crippen LogP contribution in [0.25, 0.3) is 0 Å². The lowest BCUT2D eigenvalue weighted by Gasteiger charge is -2.12. The Kier molecular flexibility index (Phi) is 5.40. The molecule has 0 aliphatic rings. The number of carboxylic acids is 1. The summed E-state index contributed by atoms with van der Waals surface area (Å²) in [5.41, 5.74) is 1.49. The lowest BCUT2D eigenvalue weighted by atomic mass is 10.1. The van der Waals surface area contributed by atoms with Crippen molar-refractivity contribution in [2.24, 2.45) is 7.05 Å². The van der Waals surface area contributed by atoms with Crippen molar-refractivity contribution >= 4 is 29.2 Å². The van der Waals surface area contributed by atoms with Gasteiger partial charge < -0.3 is 20.3 Å². The lowest BCUT2D eigenvalue weighted by molar-refractivity contribution is 0.0686. The van der Waals surface area contributed by atoms with Crippen molar-refractivity contribution in [1.82, 2.24) is 9.55 Å². The van der Waals surface area contributed by atoms with E-state index in [2.05, 4.69) is 15.6 Å². The zero-order valence-electron chi connectivity index (χ0n) is 15.6. The highest BCUT2D eigenvalue weighted by molar-refractivity contribution is 6.09. The van der Waals surface area contributed by atoms with Crippen LogP contribution in [-0.2, 0) is 7.05 Å². The number of rotatable bonds is 5. The van der Waals surface area contributed by atoms with E-state index in [9.17, 15) is 18.8 Å². The number of nitrogens with one attached hydrogen (secondary N) is 2. The predicted octanol–water partition coefficient (Wildman–Crippen LogP) is 3.07. The lowest BCUT2D eigenvalue weighted by Crippen LogP contribution is -2.19. The van der Waals surface area contributed by atoms with E-state index in [1.54, 1.807) is 25.1 Å². The van der Waals surface area contributed by atoms with Crippen LogP contribution >= 0.6 is 0 Å². The maximum Gasteiger partial charge on any atom is 0.356 e. The van der Waals surface area contributed by atoms with Gasteiger partial charge in [-0.1, -0.05) is 0 Å². The van der Waals surface area contributed by atoms with E-state index in [0.717, 1.165) is 0 Å². The van der Waals surface area contributed by atoms with Crippen LogP contribution in [0.3, 0.4) is 0 Å². The second kappa shape index (κ2) is 7.93. The Bertz CT molecular complexity index is 1110. The van der Waals surface area contributed by atoms with E-state index < -0.39 is 23.6 Å². The van der Waals surface area contributed by atoms with Crippen LogP contribution in [0.5, 0.6) is 0 Å². The van der Waals surface area contributed by atoms with Crippen molar-refractivity contribution in [3.63, 3.8) is 0 Å². The van der Waals surface area contributed by atoms with Gasteiger partial charge in [0.2, 0.25) is 0 Å². The van der Waals surface area contributed by atoms with Crippen LogP contribution < -0.4 is 10.6 Å². The van der Waals surface area contributed by atoms with Crippen molar-refractivity contribution in [2.45, 2.75) is 6.92 Å². The first-order chi connectivity index (χ1) is 13.8. The first-order valence-electron chi connectivity index (χ1n) is 8.50. The first-order valence-corrected chi connectivity index (χ1v) is 8.50. The molecule has 0 saturated heterocycles. The summed E-state index contributed by atoms with van der Waals surface area (Å²) < 4.78 is 14.3. The third-order valence-electron chi connectivity index (χ3n) is 4.19. The molecule has 0 bridgehead atoms. The van der Waals surface area contributed by atoms with Gasteiger partial charge in [0.25, 0.3) is 11.8 Å². The van der Waals surface area contributed by atoms with Crippen LogP contribution in [0.2, 0.25) is 0 Å². The molecule has 3 N–H and O–H groups in total. The molecule has 8 nitrogen and oxygen atoms in total. The number of carbonyl (C=O) groups excluding carboxylic acids is 2. The maximum absolute atomic E-state index is 13.0. The number of halogens is 1. The quantitative estimate of drug-likeness (QED) is 0.613. The normalized spacial score (nSPS) is 10.4. The van der Waals surface area contributed by atoms with Crippen LogP contribution in [0.15, 0.2) is 48.8 Å². The molecule has 9 heteroatoms. The van der Waals surface area contributed by atoms with Crippen LogP contribution in [0.4, 0.5) is 15.8 Å².